The maximum atomic E-state index is 5.57. The van der Waals surface area contributed by atoms with E-state index in [1.807, 2.05) is 6.92 Å². The van der Waals surface area contributed by atoms with Crippen LogP contribution in [0.4, 0.5) is 0 Å². The Hall–Kier alpha value is -0.870. The van der Waals surface area contributed by atoms with Gasteiger partial charge in [0, 0.05) is 6.04 Å². The highest BCUT2D eigenvalue weighted by atomic mass is 35.5. The Kier molecular flexibility index (Phi) is 3.25. The molecule has 4 nitrogen and oxygen atoms in total. The van der Waals surface area contributed by atoms with Gasteiger partial charge >= 0.3 is 6.01 Å². The second kappa shape index (κ2) is 4.23. The normalized spacial score (nSPS) is 12.6. The Labute approximate surface area is 75.7 Å². The molecular formula is C7H10ClN3O. The zero-order chi connectivity index (χ0) is 8.97. The van der Waals surface area contributed by atoms with Gasteiger partial charge in [-0.3, -0.25) is 0 Å². The summed E-state index contributed by atoms with van der Waals surface area (Å²) in [6, 6.07) is 0.279. The van der Waals surface area contributed by atoms with E-state index in [1.165, 1.54) is 12.4 Å². The van der Waals surface area contributed by atoms with Gasteiger partial charge in [-0.15, -0.1) is 0 Å². The van der Waals surface area contributed by atoms with Gasteiger partial charge < -0.3 is 10.5 Å². The lowest BCUT2D eigenvalue weighted by Gasteiger charge is -2.05. The van der Waals surface area contributed by atoms with E-state index in [9.17, 15) is 0 Å². The topological polar surface area (TPSA) is 61.0 Å². The van der Waals surface area contributed by atoms with Crippen LogP contribution in [0.3, 0.4) is 0 Å². The molecule has 12 heavy (non-hydrogen) atoms. The number of nitrogens with two attached hydrogens (primary N) is 1. The van der Waals surface area contributed by atoms with Gasteiger partial charge in [0.15, 0.2) is 0 Å². The molecule has 0 saturated carbocycles. The Morgan fingerprint density at radius 2 is 2.17 bits per heavy atom. The van der Waals surface area contributed by atoms with Gasteiger partial charge in [-0.05, 0) is 6.92 Å². The summed E-state index contributed by atoms with van der Waals surface area (Å²) >= 11 is 5.57. The van der Waals surface area contributed by atoms with Crippen molar-refractivity contribution in [1.29, 1.82) is 0 Å². The van der Waals surface area contributed by atoms with Crippen molar-refractivity contribution < 1.29 is 4.74 Å². The fourth-order valence-corrected chi connectivity index (χ4v) is 0.679. The first-order valence-corrected chi connectivity index (χ1v) is 3.92. The smallest absolute Gasteiger partial charge is 0.316 e. The molecule has 1 rings (SSSR count). The van der Waals surface area contributed by atoms with Crippen molar-refractivity contribution in [3.63, 3.8) is 0 Å². The van der Waals surface area contributed by atoms with Crippen LogP contribution in [0, 0.1) is 0 Å². The van der Waals surface area contributed by atoms with E-state index in [0.29, 0.717) is 17.6 Å². The van der Waals surface area contributed by atoms with E-state index in [-0.39, 0.29) is 6.04 Å². The summed E-state index contributed by atoms with van der Waals surface area (Å²) in [5.41, 5.74) is 5.46. The van der Waals surface area contributed by atoms with E-state index >= 15 is 0 Å². The number of nitrogens with zero attached hydrogens (tertiary/aromatic N) is 2. The highest BCUT2D eigenvalue weighted by Crippen LogP contribution is 2.06. The molecule has 1 heterocycles. The van der Waals surface area contributed by atoms with Crippen LogP contribution in [-0.4, -0.2) is 22.6 Å². The monoisotopic (exact) mass is 187 g/mol. The van der Waals surface area contributed by atoms with E-state index in [2.05, 4.69) is 9.97 Å². The minimum atomic E-state index is -0.0238. The molecule has 0 saturated heterocycles. The van der Waals surface area contributed by atoms with Gasteiger partial charge in [0.25, 0.3) is 0 Å². The van der Waals surface area contributed by atoms with E-state index < -0.39 is 0 Å². The van der Waals surface area contributed by atoms with Crippen LogP contribution in [0.25, 0.3) is 0 Å². The maximum Gasteiger partial charge on any atom is 0.316 e. The quantitative estimate of drug-likeness (QED) is 0.763. The summed E-state index contributed by atoms with van der Waals surface area (Å²) in [5, 5.41) is 0.489. The molecule has 0 radical (unpaired) electrons. The van der Waals surface area contributed by atoms with Gasteiger partial charge in [-0.2, -0.15) is 0 Å². The van der Waals surface area contributed by atoms with Crippen LogP contribution < -0.4 is 10.5 Å². The first-order chi connectivity index (χ1) is 5.68. The number of hydrogen-bond acceptors (Lipinski definition) is 4. The van der Waals surface area contributed by atoms with Crippen LogP contribution in [-0.2, 0) is 0 Å². The zero-order valence-corrected chi connectivity index (χ0v) is 7.45. The van der Waals surface area contributed by atoms with Crippen molar-refractivity contribution in [2.75, 3.05) is 6.61 Å². The first-order valence-electron chi connectivity index (χ1n) is 3.54. The van der Waals surface area contributed by atoms with Gasteiger partial charge in [-0.25, -0.2) is 9.97 Å². The minimum absolute atomic E-state index is 0.0238. The van der Waals surface area contributed by atoms with Crippen molar-refractivity contribution in [1.82, 2.24) is 9.97 Å². The number of hydrogen-bond donors (Lipinski definition) is 1. The third-order valence-electron chi connectivity index (χ3n) is 1.07. The highest BCUT2D eigenvalue weighted by Gasteiger charge is 1.98. The van der Waals surface area contributed by atoms with Gasteiger partial charge in [0.05, 0.1) is 17.4 Å². The number of aromatic nitrogens is 2. The Morgan fingerprint density at radius 1 is 1.58 bits per heavy atom. The summed E-state index contributed by atoms with van der Waals surface area (Å²) in [6.07, 6.45) is 2.95. The molecule has 0 fully saturated rings. The average Bonchev–Trinajstić information content (AvgIpc) is 2.03. The van der Waals surface area contributed by atoms with Gasteiger partial charge in [0.1, 0.15) is 6.61 Å². The molecule has 1 unspecified atom stereocenters. The molecule has 0 spiro atoms. The minimum Gasteiger partial charge on any atom is -0.462 e. The third kappa shape index (κ3) is 3.02. The molecular weight excluding hydrogens is 178 g/mol. The van der Waals surface area contributed by atoms with E-state index in [4.69, 9.17) is 22.1 Å². The highest BCUT2D eigenvalue weighted by molar-refractivity contribution is 6.30. The molecule has 1 aromatic rings. The first kappa shape index (κ1) is 9.22. The Morgan fingerprint density at radius 3 is 2.67 bits per heavy atom. The second-order valence-electron chi connectivity index (χ2n) is 2.47. The molecule has 0 aromatic carbocycles. The predicted molar refractivity (Wildman–Crippen MR) is 46.2 cm³/mol. The molecule has 1 aromatic heterocycles. The number of halogens is 1. The van der Waals surface area contributed by atoms with Crippen LogP contribution in [0.1, 0.15) is 6.92 Å². The van der Waals surface area contributed by atoms with Crippen molar-refractivity contribution in [2.45, 2.75) is 13.0 Å². The zero-order valence-electron chi connectivity index (χ0n) is 6.70. The summed E-state index contributed by atoms with van der Waals surface area (Å²) < 4.78 is 5.12. The molecule has 2 N–H and O–H groups in total. The molecule has 0 bridgehead atoms. The molecule has 5 heteroatoms. The molecule has 0 amide bonds. The summed E-state index contributed by atoms with van der Waals surface area (Å²) in [6.45, 7) is 2.25. The standard InChI is InChI=1S/C7H10ClN3O/c1-5(9)4-12-7-10-2-6(8)3-11-7/h2-3,5H,4,9H2,1H3. The fourth-order valence-electron chi connectivity index (χ4n) is 0.581. The maximum absolute atomic E-state index is 5.57. The van der Waals surface area contributed by atoms with Crippen molar-refractivity contribution in [3.8, 4) is 6.01 Å². The summed E-state index contributed by atoms with van der Waals surface area (Å²) in [7, 11) is 0. The second-order valence-corrected chi connectivity index (χ2v) is 2.91. The molecule has 1 atom stereocenters. The number of rotatable bonds is 3. The van der Waals surface area contributed by atoms with Crippen LogP contribution in [0.2, 0.25) is 5.02 Å². The van der Waals surface area contributed by atoms with Crippen LogP contribution in [0.5, 0.6) is 6.01 Å². The lowest BCUT2D eigenvalue weighted by Crippen LogP contribution is -2.24. The molecule has 66 valence electrons. The lowest BCUT2D eigenvalue weighted by molar-refractivity contribution is 0.273. The Bertz CT molecular complexity index is 237. The van der Waals surface area contributed by atoms with Crippen molar-refractivity contribution in [3.05, 3.63) is 17.4 Å². The van der Waals surface area contributed by atoms with Crippen molar-refractivity contribution in [2.24, 2.45) is 5.73 Å². The van der Waals surface area contributed by atoms with Gasteiger partial charge in [-0.1, -0.05) is 11.6 Å². The van der Waals surface area contributed by atoms with Crippen LogP contribution in [0.15, 0.2) is 12.4 Å². The SMILES string of the molecule is CC(N)COc1ncc(Cl)cn1. The third-order valence-corrected chi connectivity index (χ3v) is 1.27. The van der Waals surface area contributed by atoms with Gasteiger partial charge in [0.2, 0.25) is 0 Å². The molecule has 0 aliphatic heterocycles. The van der Waals surface area contributed by atoms with E-state index in [0.717, 1.165) is 0 Å². The van der Waals surface area contributed by atoms with E-state index in [1.54, 1.807) is 0 Å². The molecule has 0 aliphatic carbocycles. The Balaban J connectivity index is 2.48. The summed E-state index contributed by atoms with van der Waals surface area (Å²) in [5.74, 6) is 0. The van der Waals surface area contributed by atoms with Crippen LogP contribution >= 0.6 is 11.6 Å². The molecule has 0 aliphatic rings. The lowest BCUT2D eigenvalue weighted by atomic mass is 10.4. The van der Waals surface area contributed by atoms with Crippen molar-refractivity contribution >= 4 is 11.6 Å². The largest absolute Gasteiger partial charge is 0.462 e. The number of ether oxygens (including phenoxy) is 1. The average molecular weight is 188 g/mol. The summed E-state index contributed by atoms with van der Waals surface area (Å²) in [4.78, 5) is 7.66. The predicted octanol–water partition coefficient (Wildman–Crippen LogP) is 0.856. The fraction of sp³-hybridized carbons (Fsp3) is 0.429.